The minimum atomic E-state index is -3.87. The van der Waals surface area contributed by atoms with Crippen molar-refractivity contribution in [3.63, 3.8) is 0 Å². The molecule has 0 heterocycles. The second-order valence-electron chi connectivity index (χ2n) is 6.11. The van der Waals surface area contributed by atoms with Crippen molar-refractivity contribution in [2.75, 3.05) is 13.7 Å². The Morgan fingerprint density at radius 1 is 1.31 bits per heavy atom. The van der Waals surface area contributed by atoms with E-state index in [0.29, 0.717) is 24.8 Å². The zero-order valence-corrected chi connectivity index (χ0v) is 17.5. The summed E-state index contributed by atoms with van der Waals surface area (Å²) in [5.41, 5.74) is 0.296. The molecule has 1 aromatic carbocycles. The maximum Gasteiger partial charge on any atom is 0.306 e. The van der Waals surface area contributed by atoms with E-state index in [4.69, 9.17) is 5.11 Å². The Balaban J connectivity index is 3.32. The number of methoxy groups -OCH3 is 1. The third-order valence-corrected chi connectivity index (χ3v) is 7.37. The molecular weight excluding hydrogens is 427 g/mol. The zero-order chi connectivity index (χ0) is 19.7. The Bertz CT molecular complexity index is 706. The summed E-state index contributed by atoms with van der Waals surface area (Å²) >= 11 is 3.12. The first-order valence-electron chi connectivity index (χ1n) is 8.68. The minimum Gasteiger partial charge on any atom is -0.469 e. The van der Waals surface area contributed by atoms with Crippen molar-refractivity contribution in [2.24, 2.45) is 0 Å². The topological polar surface area (TPSA) is 80.7 Å². The quantitative estimate of drug-likeness (QED) is 0.313. The molecule has 0 amide bonds. The largest absolute Gasteiger partial charge is 0.469 e. The van der Waals surface area contributed by atoms with Gasteiger partial charge >= 0.3 is 5.97 Å². The van der Waals surface area contributed by atoms with Gasteiger partial charge in [0.15, 0.2) is 9.84 Å². The van der Waals surface area contributed by atoms with Crippen molar-refractivity contribution in [1.29, 1.82) is 0 Å². The molecule has 0 fully saturated rings. The summed E-state index contributed by atoms with van der Waals surface area (Å²) in [6, 6.07) is 2.34. The molecule has 0 radical (unpaired) electrons. The van der Waals surface area contributed by atoms with Gasteiger partial charge < -0.3 is 9.84 Å². The van der Waals surface area contributed by atoms with Gasteiger partial charge in [-0.05, 0) is 52.9 Å². The van der Waals surface area contributed by atoms with Crippen molar-refractivity contribution in [3.8, 4) is 0 Å². The molecule has 0 saturated heterocycles. The smallest absolute Gasteiger partial charge is 0.306 e. The van der Waals surface area contributed by atoms with Crippen molar-refractivity contribution in [3.05, 3.63) is 28.0 Å². The molecule has 1 atom stereocenters. The highest BCUT2D eigenvalue weighted by atomic mass is 79.9. The lowest BCUT2D eigenvalue weighted by Crippen LogP contribution is -2.26. The van der Waals surface area contributed by atoms with Crippen LogP contribution < -0.4 is 0 Å². The number of halogens is 2. The molecular formula is C18H26BrFO5S. The highest BCUT2D eigenvalue weighted by molar-refractivity contribution is 9.10. The molecule has 0 aliphatic rings. The second kappa shape index (κ2) is 11.0. The van der Waals surface area contributed by atoms with Crippen molar-refractivity contribution >= 4 is 31.7 Å². The maximum absolute atomic E-state index is 13.9. The Labute approximate surface area is 163 Å². The summed E-state index contributed by atoms with van der Waals surface area (Å²) in [5.74, 6) is -1.15. The number of ether oxygens (including phenoxy) is 1. The van der Waals surface area contributed by atoms with Crippen molar-refractivity contribution in [2.45, 2.75) is 62.0 Å². The standard InChI is InChI=1S/C18H26BrFO5S/c1-3-4-5-7-13(12-17(22)25-2)26(23,24)16-10-9-15(20)18(19)14(16)8-6-11-21/h9-10,13,21H,3-8,11-12H2,1-2H3. The number of rotatable bonds is 11. The molecule has 0 aliphatic carbocycles. The summed E-state index contributed by atoms with van der Waals surface area (Å²) in [6.07, 6.45) is 3.07. The van der Waals surface area contributed by atoms with Crippen LogP contribution in [0.4, 0.5) is 4.39 Å². The van der Waals surface area contributed by atoms with Gasteiger partial charge in [-0.2, -0.15) is 0 Å². The maximum atomic E-state index is 13.9. The van der Waals surface area contributed by atoms with Crippen LogP contribution in [0.2, 0.25) is 0 Å². The van der Waals surface area contributed by atoms with Crippen LogP contribution in [0.25, 0.3) is 0 Å². The number of carbonyl (C=O) groups excluding carboxylic acids is 1. The minimum absolute atomic E-state index is 0.00428. The van der Waals surface area contributed by atoms with Gasteiger partial charge in [0, 0.05) is 6.61 Å². The van der Waals surface area contributed by atoms with Crippen LogP contribution in [-0.2, 0) is 25.8 Å². The molecule has 0 aliphatic heterocycles. The van der Waals surface area contributed by atoms with Crippen molar-refractivity contribution < 1.29 is 27.4 Å². The molecule has 0 bridgehead atoms. The van der Waals surface area contributed by atoms with Crippen LogP contribution in [0.1, 0.15) is 51.0 Å². The van der Waals surface area contributed by atoms with Crippen LogP contribution in [0.5, 0.6) is 0 Å². The van der Waals surface area contributed by atoms with Gasteiger partial charge in [0.2, 0.25) is 0 Å². The normalized spacial score (nSPS) is 12.8. The predicted molar refractivity (Wildman–Crippen MR) is 101 cm³/mol. The van der Waals surface area contributed by atoms with Gasteiger partial charge in [-0.15, -0.1) is 0 Å². The van der Waals surface area contributed by atoms with E-state index >= 15 is 0 Å². The number of hydrogen-bond acceptors (Lipinski definition) is 5. The summed E-state index contributed by atoms with van der Waals surface area (Å²) in [4.78, 5) is 11.7. The lowest BCUT2D eigenvalue weighted by Gasteiger charge is -2.20. The van der Waals surface area contributed by atoms with E-state index in [0.717, 1.165) is 18.9 Å². The van der Waals surface area contributed by atoms with Crippen LogP contribution in [-0.4, -0.2) is 38.5 Å². The SMILES string of the molecule is CCCCCC(CC(=O)OC)S(=O)(=O)c1ccc(F)c(Br)c1CCCO. The number of esters is 1. The first kappa shape index (κ1) is 23.0. The molecule has 26 heavy (non-hydrogen) atoms. The first-order chi connectivity index (χ1) is 12.3. The summed E-state index contributed by atoms with van der Waals surface area (Å²) < 4.78 is 45.1. The van der Waals surface area contributed by atoms with Crippen LogP contribution >= 0.6 is 15.9 Å². The fourth-order valence-electron chi connectivity index (χ4n) is 2.77. The van der Waals surface area contributed by atoms with E-state index in [-0.39, 0.29) is 28.8 Å². The fourth-order valence-corrected chi connectivity index (χ4v) is 5.44. The van der Waals surface area contributed by atoms with E-state index in [1.807, 2.05) is 6.92 Å². The summed E-state index contributed by atoms with van der Waals surface area (Å²) in [6.45, 7) is 1.87. The van der Waals surface area contributed by atoms with Crippen LogP contribution in [0.3, 0.4) is 0 Å². The molecule has 8 heteroatoms. The number of carbonyl (C=O) groups is 1. The van der Waals surface area contributed by atoms with Gasteiger partial charge in [-0.1, -0.05) is 26.2 Å². The Hall–Kier alpha value is -0.990. The Kier molecular flexibility index (Phi) is 9.74. The van der Waals surface area contributed by atoms with Crippen molar-refractivity contribution in [1.82, 2.24) is 0 Å². The third kappa shape index (κ3) is 6.03. The van der Waals surface area contributed by atoms with Gasteiger partial charge in [-0.3, -0.25) is 4.79 Å². The van der Waals surface area contributed by atoms with E-state index in [2.05, 4.69) is 20.7 Å². The van der Waals surface area contributed by atoms with Crippen LogP contribution in [0, 0.1) is 5.82 Å². The second-order valence-corrected chi connectivity index (χ2v) is 9.10. The molecule has 0 saturated carbocycles. The Morgan fingerprint density at radius 3 is 2.58 bits per heavy atom. The first-order valence-corrected chi connectivity index (χ1v) is 11.0. The Morgan fingerprint density at radius 2 is 2.00 bits per heavy atom. The zero-order valence-electron chi connectivity index (χ0n) is 15.1. The number of sulfone groups is 1. The fraction of sp³-hybridized carbons (Fsp3) is 0.611. The third-order valence-electron chi connectivity index (χ3n) is 4.24. The van der Waals surface area contributed by atoms with E-state index in [1.54, 1.807) is 0 Å². The monoisotopic (exact) mass is 452 g/mol. The average Bonchev–Trinajstić information content (AvgIpc) is 2.61. The molecule has 1 unspecified atom stereocenters. The molecule has 0 spiro atoms. The van der Waals surface area contributed by atoms with Gasteiger partial charge in [0.25, 0.3) is 0 Å². The van der Waals surface area contributed by atoms with Gasteiger partial charge in [-0.25, -0.2) is 12.8 Å². The highest BCUT2D eigenvalue weighted by Crippen LogP contribution is 2.32. The van der Waals surface area contributed by atoms with E-state index < -0.39 is 26.9 Å². The lowest BCUT2D eigenvalue weighted by atomic mass is 10.1. The molecule has 1 N–H and O–H groups in total. The number of unbranched alkanes of at least 4 members (excludes halogenated alkanes) is 2. The van der Waals surface area contributed by atoms with E-state index in [1.165, 1.54) is 13.2 Å². The average molecular weight is 453 g/mol. The number of benzene rings is 1. The van der Waals surface area contributed by atoms with E-state index in [9.17, 15) is 17.6 Å². The van der Waals surface area contributed by atoms with Gasteiger partial charge in [0.05, 0.1) is 28.1 Å². The number of aliphatic hydroxyl groups is 1. The summed E-state index contributed by atoms with van der Waals surface area (Å²) in [7, 11) is -2.64. The molecule has 0 aromatic heterocycles. The van der Waals surface area contributed by atoms with Gasteiger partial charge in [0.1, 0.15) is 5.82 Å². The molecule has 5 nitrogen and oxygen atoms in total. The van der Waals surface area contributed by atoms with Crippen LogP contribution in [0.15, 0.2) is 21.5 Å². The molecule has 148 valence electrons. The summed E-state index contributed by atoms with van der Waals surface area (Å²) in [5, 5.41) is 8.14. The number of aliphatic hydroxyl groups excluding tert-OH is 1. The molecule has 1 aromatic rings. The lowest BCUT2D eigenvalue weighted by molar-refractivity contribution is -0.140. The highest BCUT2D eigenvalue weighted by Gasteiger charge is 2.32. The molecule has 1 rings (SSSR count). The predicted octanol–water partition coefficient (Wildman–Crippen LogP) is 3.80. The number of hydrogen-bond donors (Lipinski definition) is 1.